The molecule has 1 aromatic carbocycles. The van der Waals surface area contributed by atoms with Gasteiger partial charge >= 0.3 is 0 Å². The summed E-state index contributed by atoms with van der Waals surface area (Å²) in [4.78, 5) is 0. The van der Waals surface area contributed by atoms with Crippen molar-refractivity contribution in [1.82, 2.24) is 9.78 Å². The van der Waals surface area contributed by atoms with Gasteiger partial charge in [0.25, 0.3) is 0 Å². The fourth-order valence-corrected chi connectivity index (χ4v) is 1.52. The molecular weight excluding hydrogens is 209 g/mol. The van der Waals surface area contributed by atoms with Crippen LogP contribution in [0.5, 0.6) is 5.75 Å². The molecule has 0 saturated heterocycles. The van der Waals surface area contributed by atoms with Crippen LogP contribution in [0.2, 0.25) is 0 Å². The lowest BCUT2D eigenvalue weighted by Crippen LogP contribution is -2.03. The second-order valence-electron chi connectivity index (χ2n) is 3.44. The number of rotatable bonds is 2. The molecule has 0 radical (unpaired) electrons. The number of hydrogen-bond donors (Lipinski definition) is 1. The zero-order valence-corrected chi connectivity index (χ0v) is 9.07. The van der Waals surface area contributed by atoms with Gasteiger partial charge in [-0.3, -0.25) is 0 Å². The van der Waals surface area contributed by atoms with Gasteiger partial charge in [-0.25, -0.2) is 9.07 Å². The topological polar surface area (TPSA) is 53.1 Å². The van der Waals surface area contributed by atoms with Crippen LogP contribution in [-0.4, -0.2) is 16.9 Å². The van der Waals surface area contributed by atoms with Gasteiger partial charge in [-0.15, -0.1) is 0 Å². The predicted molar refractivity (Wildman–Crippen MR) is 59.2 cm³/mol. The zero-order valence-electron chi connectivity index (χ0n) is 9.07. The monoisotopic (exact) mass is 221 g/mol. The summed E-state index contributed by atoms with van der Waals surface area (Å²) in [7, 11) is 1.53. The fourth-order valence-electron chi connectivity index (χ4n) is 1.52. The number of halogens is 1. The number of methoxy groups -OCH3 is 1. The molecule has 84 valence electrons. The summed E-state index contributed by atoms with van der Waals surface area (Å²) in [6, 6.07) is 6.15. The van der Waals surface area contributed by atoms with Crippen LogP contribution in [-0.2, 0) is 0 Å². The molecule has 0 spiro atoms. The third kappa shape index (κ3) is 1.71. The van der Waals surface area contributed by atoms with Crippen molar-refractivity contribution < 1.29 is 9.13 Å². The van der Waals surface area contributed by atoms with Crippen molar-refractivity contribution in [3.8, 4) is 11.4 Å². The minimum atomic E-state index is -0.369. The number of anilines is 1. The summed E-state index contributed by atoms with van der Waals surface area (Å²) in [5.74, 6) is 0.566. The first-order valence-corrected chi connectivity index (χ1v) is 4.78. The summed E-state index contributed by atoms with van der Waals surface area (Å²) in [6.07, 6.45) is 0. The van der Waals surface area contributed by atoms with Crippen LogP contribution >= 0.6 is 0 Å². The van der Waals surface area contributed by atoms with Gasteiger partial charge in [-0.1, -0.05) is 0 Å². The fraction of sp³-hybridized carbons (Fsp3) is 0.182. The zero-order chi connectivity index (χ0) is 11.7. The van der Waals surface area contributed by atoms with E-state index in [1.54, 1.807) is 18.2 Å². The molecule has 16 heavy (non-hydrogen) atoms. The molecule has 0 saturated carbocycles. The Balaban J connectivity index is 2.58. The minimum Gasteiger partial charge on any atom is -0.497 e. The number of aromatic nitrogens is 2. The Labute approximate surface area is 92.4 Å². The highest BCUT2D eigenvalue weighted by atomic mass is 19.1. The van der Waals surface area contributed by atoms with Crippen LogP contribution in [0.3, 0.4) is 0 Å². The van der Waals surface area contributed by atoms with Crippen molar-refractivity contribution in [1.29, 1.82) is 0 Å². The summed E-state index contributed by atoms with van der Waals surface area (Å²) in [5, 5.41) is 4.02. The Hall–Kier alpha value is -2.04. The molecular formula is C11H12FN3O. The molecule has 2 rings (SSSR count). The molecule has 0 fully saturated rings. The number of hydrogen-bond acceptors (Lipinski definition) is 3. The summed E-state index contributed by atoms with van der Waals surface area (Å²) < 4.78 is 20.1. The molecule has 2 N–H and O–H groups in total. The maximum Gasteiger partial charge on any atom is 0.149 e. The quantitative estimate of drug-likeness (QED) is 0.842. The van der Waals surface area contributed by atoms with E-state index >= 15 is 0 Å². The molecule has 0 bridgehead atoms. The Morgan fingerprint density at radius 3 is 2.69 bits per heavy atom. The van der Waals surface area contributed by atoms with E-state index in [4.69, 9.17) is 10.5 Å². The van der Waals surface area contributed by atoms with Gasteiger partial charge in [0.15, 0.2) is 0 Å². The largest absolute Gasteiger partial charge is 0.497 e. The van der Waals surface area contributed by atoms with Crippen molar-refractivity contribution in [2.45, 2.75) is 6.92 Å². The van der Waals surface area contributed by atoms with Gasteiger partial charge < -0.3 is 10.5 Å². The molecule has 0 aliphatic heterocycles. The third-order valence-corrected chi connectivity index (χ3v) is 2.29. The first-order chi connectivity index (χ1) is 7.61. The normalized spacial score (nSPS) is 10.4. The standard InChI is InChI=1S/C11H12FN3O/c1-7-5-11(13)14-15(7)10-6-8(16-2)3-4-9(10)12/h3-6H,1-2H3,(H2,13,14). The van der Waals surface area contributed by atoms with Crippen LogP contribution in [0.25, 0.3) is 5.69 Å². The van der Waals surface area contributed by atoms with Crippen molar-refractivity contribution >= 4 is 5.82 Å². The smallest absolute Gasteiger partial charge is 0.149 e. The van der Waals surface area contributed by atoms with Crippen LogP contribution < -0.4 is 10.5 Å². The SMILES string of the molecule is COc1ccc(F)c(-n2nc(N)cc2C)c1. The summed E-state index contributed by atoms with van der Waals surface area (Å²) in [5.41, 5.74) is 6.65. The van der Waals surface area contributed by atoms with Gasteiger partial charge in [-0.05, 0) is 19.1 Å². The van der Waals surface area contributed by atoms with E-state index in [-0.39, 0.29) is 5.82 Å². The second kappa shape index (κ2) is 3.84. The van der Waals surface area contributed by atoms with Crippen LogP contribution in [0.4, 0.5) is 10.2 Å². The summed E-state index contributed by atoms with van der Waals surface area (Å²) in [6.45, 7) is 1.81. The number of ether oxygens (including phenoxy) is 1. The molecule has 4 nitrogen and oxygen atoms in total. The minimum absolute atomic E-state index is 0.327. The molecule has 0 unspecified atom stereocenters. The Kier molecular flexibility index (Phi) is 2.52. The van der Waals surface area contributed by atoms with Crippen molar-refractivity contribution in [3.63, 3.8) is 0 Å². The van der Waals surface area contributed by atoms with Gasteiger partial charge in [0.1, 0.15) is 23.1 Å². The Morgan fingerprint density at radius 1 is 1.38 bits per heavy atom. The highest BCUT2D eigenvalue weighted by Crippen LogP contribution is 2.21. The lowest BCUT2D eigenvalue weighted by molar-refractivity contribution is 0.413. The van der Waals surface area contributed by atoms with Gasteiger partial charge in [0.2, 0.25) is 0 Å². The van der Waals surface area contributed by atoms with E-state index in [1.165, 1.54) is 17.9 Å². The first-order valence-electron chi connectivity index (χ1n) is 4.78. The average molecular weight is 221 g/mol. The van der Waals surface area contributed by atoms with Gasteiger partial charge in [0.05, 0.1) is 7.11 Å². The number of nitrogen functional groups attached to an aromatic ring is 1. The lowest BCUT2D eigenvalue weighted by atomic mass is 10.3. The van der Waals surface area contributed by atoms with Crippen LogP contribution in [0.1, 0.15) is 5.69 Å². The Morgan fingerprint density at radius 2 is 2.12 bits per heavy atom. The maximum absolute atomic E-state index is 13.6. The molecule has 0 aliphatic rings. The van der Waals surface area contributed by atoms with Gasteiger partial charge in [0, 0.05) is 17.8 Å². The number of nitrogens with zero attached hydrogens (tertiary/aromatic N) is 2. The second-order valence-corrected chi connectivity index (χ2v) is 3.44. The summed E-state index contributed by atoms with van der Waals surface area (Å²) >= 11 is 0. The van der Waals surface area contributed by atoms with E-state index in [0.29, 0.717) is 17.3 Å². The van der Waals surface area contributed by atoms with Crippen molar-refractivity contribution in [2.75, 3.05) is 12.8 Å². The molecule has 2 aromatic rings. The van der Waals surface area contributed by atoms with E-state index in [0.717, 1.165) is 5.69 Å². The van der Waals surface area contributed by atoms with Crippen LogP contribution in [0, 0.1) is 12.7 Å². The molecule has 1 aromatic heterocycles. The van der Waals surface area contributed by atoms with E-state index < -0.39 is 0 Å². The predicted octanol–water partition coefficient (Wildman–Crippen LogP) is 1.91. The number of benzene rings is 1. The van der Waals surface area contributed by atoms with E-state index in [1.807, 2.05) is 6.92 Å². The van der Waals surface area contributed by atoms with Crippen molar-refractivity contribution in [3.05, 3.63) is 35.8 Å². The molecule has 0 aliphatic carbocycles. The average Bonchev–Trinajstić information content (AvgIpc) is 2.58. The molecule has 5 heteroatoms. The molecule has 1 heterocycles. The van der Waals surface area contributed by atoms with E-state index in [9.17, 15) is 4.39 Å². The van der Waals surface area contributed by atoms with Crippen LogP contribution in [0.15, 0.2) is 24.3 Å². The van der Waals surface area contributed by atoms with E-state index in [2.05, 4.69) is 5.10 Å². The van der Waals surface area contributed by atoms with Crippen molar-refractivity contribution in [2.24, 2.45) is 0 Å². The maximum atomic E-state index is 13.6. The third-order valence-electron chi connectivity index (χ3n) is 2.29. The highest BCUT2D eigenvalue weighted by molar-refractivity contribution is 5.43. The lowest BCUT2D eigenvalue weighted by Gasteiger charge is -2.07. The molecule has 0 atom stereocenters. The number of aryl methyl sites for hydroxylation is 1. The Bertz CT molecular complexity index is 522. The molecule has 0 amide bonds. The van der Waals surface area contributed by atoms with Gasteiger partial charge in [-0.2, -0.15) is 5.10 Å². The highest BCUT2D eigenvalue weighted by Gasteiger charge is 2.10. The number of nitrogens with two attached hydrogens (primary N) is 1. The first kappa shape index (κ1) is 10.5.